The van der Waals surface area contributed by atoms with Gasteiger partial charge in [0.25, 0.3) is 10.0 Å². The number of hydrogen-bond acceptors (Lipinski definition) is 8. The summed E-state index contributed by atoms with van der Waals surface area (Å²) in [7, 11) is -1.54. The van der Waals surface area contributed by atoms with Crippen molar-refractivity contribution in [3.63, 3.8) is 0 Å². The SMILES string of the molecule is COc1cc([C@H]2C(C#N)=C(N)OC3=C2S(=O)(=O)N(Cc2ccc(C)cc2)c2ccccc23)cc(OC)c1O. The predicted octanol–water partition coefficient (Wildman–Crippen LogP) is 4.24. The maximum Gasteiger partial charge on any atom is 0.265 e. The van der Waals surface area contributed by atoms with Crippen molar-refractivity contribution in [2.24, 2.45) is 5.73 Å². The first-order valence-corrected chi connectivity index (χ1v) is 13.1. The highest BCUT2D eigenvalue weighted by Gasteiger charge is 2.47. The van der Waals surface area contributed by atoms with Gasteiger partial charge in [0.2, 0.25) is 11.6 Å². The zero-order valence-electron chi connectivity index (χ0n) is 20.9. The Kier molecular flexibility index (Phi) is 6.17. The van der Waals surface area contributed by atoms with E-state index in [4.69, 9.17) is 19.9 Å². The van der Waals surface area contributed by atoms with Gasteiger partial charge in [0.15, 0.2) is 17.3 Å². The van der Waals surface area contributed by atoms with Crippen molar-refractivity contribution in [1.82, 2.24) is 0 Å². The smallest absolute Gasteiger partial charge is 0.265 e. The van der Waals surface area contributed by atoms with Crippen LogP contribution in [0.3, 0.4) is 0 Å². The number of fused-ring (bicyclic) bond motifs is 2. The minimum absolute atomic E-state index is 0.0493. The van der Waals surface area contributed by atoms with Gasteiger partial charge in [-0.2, -0.15) is 5.26 Å². The number of nitriles is 1. The highest BCUT2D eigenvalue weighted by molar-refractivity contribution is 7.96. The number of sulfonamides is 1. The summed E-state index contributed by atoms with van der Waals surface area (Å²) in [6.45, 7) is 2.02. The van der Waals surface area contributed by atoms with E-state index in [2.05, 4.69) is 0 Å². The van der Waals surface area contributed by atoms with Crippen molar-refractivity contribution >= 4 is 21.5 Å². The number of ether oxygens (including phenoxy) is 3. The molecule has 5 rings (SSSR count). The lowest BCUT2D eigenvalue weighted by Gasteiger charge is -2.38. The number of phenols is 1. The van der Waals surface area contributed by atoms with Crippen LogP contribution in [0.4, 0.5) is 5.69 Å². The summed E-state index contributed by atoms with van der Waals surface area (Å²) < 4.78 is 46.6. The number of para-hydroxylation sites is 1. The van der Waals surface area contributed by atoms with Gasteiger partial charge in [-0.05, 0) is 42.3 Å². The van der Waals surface area contributed by atoms with Crippen LogP contribution in [0.2, 0.25) is 0 Å². The number of phenolic OH excluding ortho intramolecular Hbond substituents is 1. The largest absolute Gasteiger partial charge is 0.502 e. The lowest BCUT2D eigenvalue weighted by Crippen LogP contribution is -2.39. The fraction of sp³-hybridized carbons (Fsp3) is 0.179. The van der Waals surface area contributed by atoms with Gasteiger partial charge in [0.1, 0.15) is 16.5 Å². The fourth-order valence-electron chi connectivity index (χ4n) is 4.75. The molecule has 0 aromatic heterocycles. The second kappa shape index (κ2) is 9.36. The van der Waals surface area contributed by atoms with Crippen LogP contribution >= 0.6 is 0 Å². The molecule has 9 nitrogen and oxygen atoms in total. The van der Waals surface area contributed by atoms with Crippen molar-refractivity contribution in [3.05, 3.63) is 99.3 Å². The number of anilines is 1. The van der Waals surface area contributed by atoms with Crippen molar-refractivity contribution in [2.45, 2.75) is 19.4 Å². The Bertz CT molecular complexity index is 1630. The van der Waals surface area contributed by atoms with E-state index in [1.807, 2.05) is 37.3 Å². The molecule has 0 amide bonds. The highest BCUT2D eigenvalue weighted by atomic mass is 32.2. The lowest BCUT2D eigenvalue weighted by atomic mass is 9.87. The summed E-state index contributed by atoms with van der Waals surface area (Å²) in [6.07, 6.45) is 0. The number of rotatable bonds is 5. The van der Waals surface area contributed by atoms with E-state index in [9.17, 15) is 18.8 Å². The molecule has 2 aliphatic heterocycles. The maximum atomic E-state index is 14.4. The topological polar surface area (TPSA) is 135 Å². The molecule has 0 radical (unpaired) electrons. The number of allylic oxidation sites excluding steroid dienone is 2. The summed E-state index contributed by atoms with van der Waals surface area (Å²) in [5.74, 6) is -1.46. The molecular formula is C28H25N3O6S. The first-order chi connectivity index (χ1) is 18.2. The molecule has 3 aromatic rings. The van der Waals surface area contributed by atoms with Gasteiger partial charge in [0, 0.05) is 5.56 Å². The molecule has 0 saturated carbocycles. The van der Waals surface area contributed by atoms with Gasteiger partial charge >= 0.3 is 0 Å². The molecule has 3 aromatic carbocycles. The lowest BCUT2D eigenvalue weighted by molar-refractivity contribution is 0.338. The van der Waals surface area contributed by atoms with E-state index in [0.29, 0.717) is 16.8 Å². The maximum absolute atomic E-state index is 14.4. The summed E-state index contributed by atoms with van der Waals surface area (Å²) in [4.78, 5) is -0.135. The van der Waals surface area contributed by atoms with E-state index in [0.717, 1.165) is 11.1 Å². The second-order valence-electron chi connectivity index (χ2n) is 8.91. The Morgan fingerprint density at radius 2 is 1.71 bits per heavy atom. The molecule has 194 valence electrons. The monoisotopic (exact) mass is 531 g/mol. The Labute approximate surface area is 220 Å². The van der Waals surface area contributed by atoms with E-state index in [1.54, 1.807) is 24.3 Å². The zero-order valence-corrected chi connectivity index (χ0v) is 21.7. The summed E-state index contributed by atoms with van der Waals surface area (Å²) in [5.41, 5.74) is 9.22. The van der Waals surface area contributed by atoms with Crippen LogP contribution in [0.25, 0.3) is 5.76 Å². The van der Waals surface area contributed by atoms with Gasteiger partial charge in [-0.15, -0.1) is 0 Å². The quantitative estimate of drug-likeness (QED) is 0.499. The molecule has 10 heteroatoms. The average Bonchev–Trinajstić information content (AvgIpc) is 2.91. The third-order valence-corrected chi connectivity index (χ3v) is 8.52. The van der Waals surface area contributed by atoms with Crippen molar-refractivity contribution < 1.29 is 27.7 Å². The first-order valence-electron chi connectivity index (χ1n) is 11.7. The van der Waals surface area contributed by atoms with Gasteiger partial charge in [-0.25, -0.2) is 8.42 Å². The summed E-state index contributed by atoms with van der Waals surface area (Å²) in [6, 6.07) is 19.5. The second-order valence-corrected chi connectivity index (χ2v) is 10.7. The predicted molar refractivity (Wildman–Crippen MR) is 142 cm³/mol. The van der Waals surface area contributed by atoms with Crippen LogP contribution in [-0.4, -0.2) is 27.7 Å². The zero-order chi connectivity index (χ0) is 27.2. The fourth-order valence-corrected chi connectivity index (χ4v) is 6.66. The van der Waals surface area contributed by atoms with Gasteiger partial charge < -0.3 is 25.1 Å². The summed E-state index contributed by atoms with van der Waals surface area (Å²) >= 11 is 0. The molecule has 2 aliphatic rings. The molecule has 2 heterocycles. The normalized spacial score (nSPS) is 17.7. The number of nitrogens with zero attached hydrogens (tertiary/aromatic N) is 2. The van der Waals surface area contributed by atoms with E-state index < -0.39 is 15.9 Å². The van der Waals surface area contributed by atoms with E-state index in [-0.39, 0.29) is 45.9 Å². The van der Waals surface area contributed by atoms with E-state index >= 15 is 0 Å². The minimum atomic E-state index is -4.26. The molecule has 0 aliphatic carbocycles. The van der Waals surface area contributed by atoms with Crippen molar-refractivity contribution in [3.8, 4) is 23.3 Å². The molecule has 1 atom stereocenters. The number of methoxy groups -OCH3 is 2. The van der Waals surface area contributed by atoms with Crippen LogP contribution < -0.4 is 19.5 Å². The Morgan fingerprint density at radius 3 is 2.32 bits per heavy atom. The third kappa shape index (κ3) is 3.88. The molecule has 38 heavy (non-hydrogen) atoms. The van der Waals surface area contributed by atoms with Crippen LogP contribution in [0.1, 0.15) is 28.2 Å². The van der Waals surface area contributed by atoms with Crippen molar-refractivity contribution in [2.75, 3.05) is 18.5 Å². The Morgan fingerprint density at radius 1 is 1.08 bits per heavy atom. The van der Waals surface area contributed by atoms with Crippen LogP contribution in [-0.2, 0) is 21.3 Å². The molecule has 0 bridgehead atoms. The number of hydrogen-bond donors (Lipinski definition) is 2. The molecule has 0 spiro atoms. The first kappa shape index (κ1) is 25.0. The summed E-state index contributed by atoms with van der Waals surface area (Å²) in [5, 5.41) is 20.5. The Hall–Kier alpha value is -4.62. The Balaban J connectivity index is 1.78. The minimum Gasteiger partial charge on any atom is -0.502 e. The number of aryl methyl sites for hydroxylation is 1. The molecule has 0 unspecified atom stereocenters. The third-order valence-electron chi connectivity index (χ3n) is 6.64. The van der Waals surface area contributed by atoms with Gasteiger partial charge in [-0.1, -0.05) is 42.0 Å². The molecule has 0 saturated heterocycles. The standard InChI is InChI=1S/C28H25N3O6S/c1-16-8-10-17(11-9-16)15-31-21-7-5-4-6-19(21)26-27(38(31,33)34)24(20(14-29)28(30)37-26)18-12-22(35-2)25(32)23(13-18)36-3/h4-13,24,32H,15,30H2,1-3H3/t24-/m0/s1. The molecule has 0 fully saturated rings. The van der Waals surface area contributed by atoms with Crippen LogP contribution in [0.15, 0.2) is 77.0 Å². The van der Waals surface area contributed by atoms with Gasteiger partial charge in [0.05, 0.1) is 32.4 Å². The number of aromatic hydroxyl groups is 1. The van der Waals surface area contributed by atoms with Crippen LogP contribution in [0.5, 0.6) is 17.2 Å². The molecular weight excluding hydrogens is 506 g/mol. The van der Waals surface area contributed by atoms with E-state index in [1.165, 1.54) is 30.7 Å². The highest BCUT2D eigenvalue weighted by Crippen LogP contribution is 2.53. The van der Waals surface area contributed by atoms with Crippen molar-refractivity contribution in [1.29, 1.82) is 5.26 Å². The molecule has 3 N–H and O–H groups in total. The van der Waals surface area contributed by atoms with Gasteiger partial charge in [-0.3, -0.25) is 4.31 Å². The number of nitrogens with two attached hydrogens (primary N) is 1. The average molecular weight is 532 g/mol. The number of benzene rings is 3. The van der Waals surface area contributed by atoms with Crippen LogP contribution in [0, 0.1) is 18.3 Å².